The van der Waals surface area contributed by atoms with Crippen LogP contribution in [-0.2, 0) is 22.6 Å². The van der Waals surface area contributed by atoms with E-state index >= 15 is 0 Å². The highest BCUT2D eigenvalue weighted by Crippen LogP contribution is 2.26. The number of carbonyl (C=O) groups excluding carboxylic acids is 2. The molecule has 2 atom stereocenters. The molecule has 2 amide bonds. The number of benzene rings is 2. The van der Waals surface area contributed by atoms with Gasteiger partial charge in [-0.15, -0.1) is 0 Å². The van der Waals surface area contributed by atoms with Crippen LogP contribution in [0.15, 0.2) is 54.6 Å². The van der Waals surface area contributed by atoms with Gasteiger partial charge < -0.3 is 19.9 Å². The van der Waals surface area contributed by atoms with Crippen LogP contribution in [-0.4, -0.2) is 60.9 Å². The molecule has 1 heterocycles. The topological polar surface area (TPSA) is 61.9 Å². The first-order valence-electron chi connectivity index (χ1n) is 9.91. The SMILES string of the molecule is CC(=O)N[C@@H](Cc1ccccc1)C(=O)N1Cc2ccccc2OC[C@@H]1CN(C)C. The van der Waals surface area contributed by atoms with Gasteiger partial charge >= 0.3 is 0 Å². The lowest BCUT2D eigenvalue weighted by molar-refractivity contribution is -0.139. The van der Waals surface area contributed by atoms with Crippen molar-refractivity contribution in [3.05, 3.63) is 65.7 Å². The van der Waals surface area contributed by atoms with Crippen molar-refractivity contribution in [1.82, 2.24) is 15.1 Å². The summed E-state index contributed by atoms with van der Waals surface area (Å²) >= 11 is 0. The van der Waals surface area contributed by atoms with E-state index in [-0.39, 0.29) is 17.9 Å². The molecule has 0 bridgehead atoms. The Labute approximate surface area is 172 Å². The number of hydrogen-bond donors (Lipinski definition) is 1. The van der Waals surface area contributed by atoms with Gasteiger partial charge in [0.05, 0.1) is 6.04 Å². The van der Waals surface area contributed by atoms with E-state index in [1.807, 2.05) is 73.6 Å². The van der Waals surface area contributed by atoms with E-state index < -0.39 is 6.04 Å². The van der Waals surface area contributed by atoms with Crippen LogP contribution in [0, 0.1) is 0 Å². The van der Waals surface area contributed by atoms with Crippen molar-refractivity contribution in [1.29, 1.82) is 0 Å². The van der Waals surface area contributed by atoms with Crippen LogP contribution in [0.1, 0.15) is 18.1 Å². The minimum atomic E-state index is -0.621. The molecule has 2 aromatic rings. The van der Waals surface area contributed by atoms with Crippen molar-refractivity contribution in [3.8, 4) is 5.75 Å². The highest BCUT2D eigenvalue weighted by molar-refractivity contribution is 5.87. The average molecular weight is 396 g/mol. The summed E-state index contributed by atoms with van der Waals surface area (Å²) in [6, 6.07) is 16.8. The normalized spacial score (nSPS) is 17.1. The molecule has 1 N–H and O–H groups in total. The van der Waals surface area contributed by atoms with E-state index in [2.05, 4.69) is 10.2 Å². The number of nitrogens with zero attached hydrogens (tertiary/aromatic N) is 2. The quantitative estimate of drug-likeness (QED) is 0.814. The fraction of sp³-hybridized carbons (Fsp3) is 0.391. The second-order valence-corrected chi connectivity index (χ2v) is 7.74. The maximum atomic E-state index is 13.6. The summed E-state index contributed by atoms with van der Waals surface area (Å²) in [4.78, 5) is 29.4. The van der Waals surface area contributed by atoms with Crippen molar-refractivity contribution in [2.45, 2.75) is 32.0 Å². The molecule has 29 heavy (non-hydrogen) atoms. The smallest absolute Gasteiger partial charge is 0.246 e. The molecule has 0 fully saturated rings. The molecule has 0 aliphatic carbocycles. The lowest BCUT2D eigenvalue weighted by atomic mass is 10.0. The van der Waals surface area contributed by atoms with Crippen molar-refractivity contribution in [2.75, 3.05) is 27.2 Å². The molecule has 6 nitrogen and oxygen atoms in total. The summed E-state index contributed by atoms with van der Waals surface area (Å²) in [6.45, 7) is 3.00. The molecule has 6 heteroatoms. The first-order chi connectivity index (χ1) is 13.9. The molecule has 0 saturated carbocycles. The van der Waals surface area contributed by atoms with E-state index in [4.69, 9.17) is 4.74 Å². The van der Waals surface area contributed by atoms with E-state index in [1.165, 1.54) is 6.92 Å². The Morgan fingerprint density at radius 3 is 2.52 bits per heavy atom. The highest BCUT2D eigenvalue weighted by atomic mass is 16.5. The molecule has 0 spiro atoms. The van der Waals surface area contributed by atoms with Crippen molar-refractivity contribution >= 4 is 11.8 Å². The number of rotatable bonds is 6. The van der Waals surface area contributed by atoms with Crippen LogP contribution in [0.5, 0.6) is 5.75 Å². The number of fused-ring (bicyclic) bond motifs is 1. The summed E-state index contributed by atoms with van der Waals surface area (Å²) in [5.74, 6) is 0.511. The third kappa shape index (κ3) is 5.57. The Morgan fingerprint density at radius 2 is 1.83 bits per heavy atom. The molecular weight excluding hydrogens is 366 g/mol. The van der Waals surface area contributed by atoms with Gasteiger partial charge in [-0.3, -0.25) is 9.59 Å². The number of nitrogens with one attached hydrogen (secondary N) is 1. The number of amides is 2. The van der Waals surface area contributed by atoms with Crippen LogP contribution in [0.4, 0.5) is 0 Å². The third-order valence-corrected chi connectivity index (χ3v) is 5.00. The van der Waals surface area contributed by atoms with Gasteiger partial charge in [-0.05, 0) is 25.7 Å². The molecule has 0 aromatic heterocycles. The molecule has 154 valence electrons. The lowest BCUT2D eigenvalue weighted by Crippen LogP contribution is -2.55. The second kappa shape index (κ2) is 9.56. The molecule has 2 aromatic carbocycles. The third-order valence-electron chi connectivity index (χ3n) is 5.00. The van der Waals surface area contributed by atoms with Gasteiger partial charge in [-0.25, -0.2) is 0 Å². The Kier molecular flexibility index (Phi) is 6.88. The molecular formula is C23H29N3O3. The maximum absolute atomic E-state index is 13.6. The summed E-state index contributed by atoms with van der Waals surface area (Å²) < 4.78 is 6.01. The Bertz CT molecular complexity index is 838. The zero-order valence-corrected chi connectivity index (χ0v) is 17.3. The van der Waals surface area contributed by atoms with Gasteiger partial charge in [-0.2, -0.15) is 0 Å². The zero-order chi connectivity index (χ0) is 20.8. The maximum Gasteiger partial charge on any atom is 0.246 e. The lowest BCUT2D eigenvalue weighted by Gasteiger charge is -2.34. The second-order valence-electron chi connectivity index (χ2n) is 7.74. The Hall–Kier alpha value is -2.86. The minimum absolute atomic E-state index is 0.0868. The molecule has 0 saturated heterocycles. The standard InChI is InChI=1S/C23H29N3O3/c1-17(27)24-21(13-18-9-5-4-6-10-18)23(28)26-14-19-11-7-8-12-22(19)29-16-20(26)15-25(2)3/h4-12,20-21H,13-16H2,1-3H3,(H,24,27)/t20-,21-/m0/s1. The van der Waals surface area contributed by atoms with Crippen molar-refractivity contribution < 1.29 is 14.3 Å². The van der Waals surface area contributed by atoms with E-state index in [1.54, 1.807) is 0 Å². The number of carbonyl (C=O) groups is 2. The van der Waals surface area contributed by atoms with Gasteiger partial charge in [0.1, 0.15) is 18.4 Å². The van der Waals surface area contributed by atoms with E-state index in [0.29, 0.717) is 26.1 Å². The molecule has 0 radical (unpaired) electrons. The van der Waals surface area contributed by atoms with Crippen molar-refractivity contribution in [2.24, 2.45) is 0 Å². The van der Waals surface area contributed by atoms with Crippen LogP contribution in [0.25, 0.3) is 0 Å². The fourth-order valence-corrected chi connectivity index (χ4v) is 3.69. The van der Waals surface area contributed by atoms with E-state index in [0.717, 1.165) is 16.9 Å². The summed E-state index contributed by atoms with van der Waals surface area (Å²) in [5, 5.41) is 2.86. The molecule has 3 rings (SSSR count). The fourth-order valence-electron chi connectivity index (χ4n) is 3.69. The van der Waals surface area contributed by atoms with Crippen molar-refractivity contribution in [3.63, 3.8) is 0 Å². The van der Waals surface area contributed by atoms with Crippen LogP contribution < -0.4 is 10.1 Å². The van der Waals surface area contributed by atoms with Crippen LogP contribution >= 0.6 is 0 Å². The predicted octanol–water partition coefficient (Wildman–Crippen LogP) is 2.09. The summed E-state index contributed by atoms with van der Waals surface area (Å²) in [6.07, 6.45) is 0.451. The van der Waals surface area contributed by atoms with Gasteiger partial charge in [0.2, 0.25) is 11.8 Å². The van der Waals surface area contributed by atoms with Gasteiger partial charge in [0.15, 0.2) is 0 Å². The predicted molar refractivity (Wildman–Crippen MR) is 113 cm³/mol. The summed E-state index contributed by atoms with van der Waals surface area (Å²) in [7, 11) is 3.96. The molecule has 0 unspecified atom stereocenters. The Morgan fingerprint density at radius 1 is 1.14 bits per heavy atom. The monoisotopic (exact) mass is 395 g/mol. The molecule has 1 aliphatic heterocycles. The summed E-state index contributed by atoms with van der Waals surface area (Å²) in [5.41, 5.74) is 1.98. The molecule has 1 aliphatic rings. The number of likely N-dealkylation sites (N-methyl/N-ethyl adjacent to an activating group) is 1. The number of ether oxygens (including phenoxy) is 1. The van der Waals surface area contributed by atoms with Gasteiger partial charge in [0.25, 0.3) is 0 Å². The Balaban J connectivity index is 1.89. The average Bonchev–Trinajstić information content (AvgIpc) is 2.87. The van der Waals surface area contributed by atoms with Crippen LogP contribution in [0.3, 0.4) is 0 Å². The highest BCUT2D eigenvalue weighted by Gasteiger charge is 2.33. The largest absolute Gasteiger partial charge is 0.491 e. The minimum Gasteiger partial charge on any atom is -0.491 e. The first kappa shape index (κ1) is 20.9. The number of para-hydroxylation sites is 1. The van der Waals surface area contributed by atoms with Crippen LogP contribution in [0.2, 0.25) is 0 Å². The number of hydrogen-bond acceptors (Lipinski definition) is 4. The van der Waals surface area contributed by atoms with E-state index in [9.17, 15) is 9.59 Å². The first-order valence-corrected chi connectivity index (χ1v) is 9.91. The van der Waals surface area contributed by atoms with Gasteiger partial charge in [-0.1, -0.05) is 48.5 Å². The van der Waals surface area contributed by atoms with Gasteiger partial charge in [0, 0.05) is 32.0 Å². The zero-order valence-electron chi connectivity index (χ0n) is 17.3.